The molecule has 0 radical (unpaired) electrons. The van der Waals surface area contributed by atoms with Gasteiger partial charge < -0.3 is 25.0 Å². The van der Waals surface area contributed by atoms with E-state index in [2.05, 4.69) is 5.32 Å². The van der Waals surface area contributed by atoms with Gasteiger partial charge in [0.2, 0.25) is 0 Å². The normalized spacial score (nSPS) is 10.3. The van der Waals surface area contributed by atoms with Crippen molar-refractivity contribution in [2.45, 2.75) is 6.92 Å². The maximum atomic E-state index is 12.2. The summed E-state index contributed by atoms with van der Waals surface area (Å²) in [5, 5.41) is 22.6. The third-order valence-corrected chi connectivity index (χ3v) is 3.36. The van der Waals surface area contributed by atoms with Crippen LogP contribution >= 0.6 is 0 Å². The van der Waals surface area contributed by atoms with Crippen LogP contribution in [-0.2, 0) is 4.74 Å². The standard InChI is InChI=1S/C16H18N2O6/c1-4-24-16(22)12-14(20)13(19)11(15(21)17-2)18(12)9-5-7-10(23-3)8-6-9/h5-8,19-20H,4H2,1-3H3,(H,17,21). The third kappa shape index (κ3) is 2.85. The Balaban J connectivity index is 2.75. The molecule has 1 amide bonds. The predicted octanol–water partition coefficient (Wildman–Crippen LogP) is 1.43. The Bertz CT molecular complexity index is 764. The van der Waals surface area contributed by atoms with Crippen molar-refractivity contribution in [2.75, 3.05) is 20.8 Å². The van der Waals surface area contributed by atoms with E-state index in [-0.39, 0.29) is 18.0 Å². The number of aromatic nitrogens is 1. The number of ether oxygens (including phenoxy) is 2. The summed E-state index contributed by atoms with van der Waals surface area (Å²) in [6, 6.07) is 6.39. The Kier molecular flexibility index (Phi) is 4.98. The average Bonchev–Trinajstić information content (AvgIpc) is 2.86. The number of carbonyl (C=O) groups excluding carboxylic acids is 2. The van der Waals surface area contributed by atoms with E-state index in [4.69, 9.17) is 9.47 Å². The fourth-order valence-corrected chi connectivity index (χ4v) is 2.25. The molecule has 3 N–H and O–H groups in total. The number of aromatic hydroxyl groups is 2. The molecule has 1 aromatic carbocycles. The zero-order chi connectivity index (χ0) is 17.9. The lowest BCUT2D eigenvalue weighted by molar-refractivity contribution is 0.0513. The summed E-state index contributed by atoms with van der Waals surface area (Å²) in [6.07, 6.45) is 0. The molecule has 1 heterocycles. The van der Waals surface area contributed by atoms with Crippen molar-refractivity contribution < 1.29 is 29.3 Å². The lowest BCUT2D eigenvalue weighted by Gasteiger charge is -2.12. The van der Waals surface area contributed by atoms with E-state index in [9.17, 15) is 19.8 Å². The first-order valence-electron chi connectivity index (χ1n) is 7.16. The molecule has 2 rings (SSSR count). The molecule has 8 nitrogen and oxygen atoms in total. The maximum absolute atomic E-state index is 12.2. The van der Waals surface area contributed by atoms with Gasteiger partial charge in [-0.2, -0.15) is 0 Å². The van der Waals surface area contributed by atoms with Gasteiger partial charge in [0.05, 0.1) is 13.7 Å². The molecule has 0 atom stereocenters. The second kappa shape index (κ2) is 6.95. The van der Waals surface area contributed by atoms with Gasteiger partial charge in [0.1, 0.15) is 5.75 Å². The van der Waals surface area contributed by atoms with Gasteiger partial charge in [-0.3, -0.25) is 9.36 Å². The van der Waals surface area contributed by atoms with E-state index in [0.29, 0.717) is 11.4 Å². The predicted molar refractivity (Wildman–Crippen MR) is 85.0 cm³/mol. The van der Waals surface area contributed by atoms with Gasteiger partial charge in [0, 0.05) is 12.7 Å². The number of carbonyl (C=O) groups is 2. The van der Waals surface area contributed by atoms with E-state index in [1.807, 2.05) is 0 Å². The molecule has 0 saturated heterocycles. The van der Waals surface area contributed by atoms with Crippen molar-refractivity contribution >= 4 is 11.9 Å². The molecule has 24 heavy (non-hydrogen) atoms. The van der Waals surface area contributed by atoms with Crippen LogP contribution in [0.5, 0.6) is 17.2 Å². The molecule has 0 saturated carbocycles. The zero-order valence-electron chi connectivity index (χ0n) is 13.5. The highest BCUT2D eigenvalue weighted by atomic mass is 16.5. The summed E-state index contributed by atoms with van der Waals surface area (Å²) in [5.74, 6) is -2.39. The minimum absolute atomic E-state index is 0.0716. The SMILES string of the molecule is CCOC(=O)c1c(O)c(O)c(C(=O)NC)n1-c1ccc(OC)cc1. The van der Waals surface area contributed by atoms with Gasteiger partial charge in [-0.25, -0.2) is 4.79 Å². The molecule has 0 spiro atoms. The van der Waals surface area contributed by atoms with Crippen LogP contribution < -0.4 is 10.1 Å². The molecule has 0 aliphatic heterocycles. The van der Waals surface area contributed by atoms with E-state index < -0.39 is 23.4 Å². The highest BCUT2D eigenvalue weighted by molar-refractivity contribution is 6.02. The smallest absolute Gasteiger partial charge is 0.359 e. The first kappa shape index (κ1) is 17.2. The van der Waals surface area contributed by atoms with Crippen LogP contribution in [0.2, 0.25) is 0 Å². The summed E-state index contributed by atoms with van der Waals surface area (Å²) in [6.45, 7) is 1.68. The van der Waals surface area contributed by atoms with E-state index in [1.165, 1.54) is 14.2 Å². The molecule has 0 aliphatic rings. The molecule has 8 heteroatoms. The Morgan fingerprint density at radius 1 is 1.12 bits per heavy atom. The molecule has 0 bridgehead atoms. The third-order valence-electron chi connectivity index (χ3n) is 3.36. The second-order valence-electron chi connectivity index (χ2n) is 4.73. The highest BCUT2D eigenvalue weighted by Gasteiger charge is 2.32. The lowest BCUT2D eigenvalue weighted by Crippen LogP contribution is -2.23. The number of hydrogen-bond acceptors (Lipinski definition) is 6. The fourth-order valence-electron chi connectivity index (χ4n) is 2.25. The van der Waals surface area contributed by atoms with Crippen LogP contribution in [0.3, 0.4) is 0 Å². The van der Waals surface area contributed by atoms with Gasteiger partial charge in [-0.05, 0) is 31.2 Å². The molecule has 0 aliphatic carbocycles. The Morgan fingerprint density at radius 3 is 2.21 bits per heavy atom. The number of benzene rings is 1. The number of methoxy groups -OCH3 is 1. The monoisotopic (exact) mass is 334 g/mol. The first-order valence-corrected chi connectivity index (χ1v) is 7.16. The molecule has 2 aromatic rings. The largest absolute Gasteiger partial charge is 0.503 e. The molecular weight excluding hydrogens is 316 g/mol. The van der Waals surface area contributed by atoms with E-state index in [0.717, 1.165) is 4.57 Å². The van der Waals surface area contributed by atoms with Crippen LogP contribution in [0, 0.1) is 0 Å². The first-order chi connectivity index (χ1) is 11.5. The van der Waals surface area contributed by atoms with Gasteiger partial charge in [-0.1, -0.05) is 0 Å². The summed E-state index contributed by atoms with van der Waals surface area (Å²) in [5.41, 5.74) is -0.241. The van der Waals surface area contributed by atoms with Crippen LogP contribution in [0.15, 0.2) is 24.3 Å². The van der Waals surface area contributed by atoms with E-state index >= 15 is 0 Å². The average molecular weight is 334 g/mol. The minimum atomic E-state index is -0.865. The number of amides is 1. The Morgan fingerprint density at radius 2 is 1.71 bits per heavy atom. The van der Waals surface area contributed by atoms with Gasteiger partial charge >= 0.3 is 5.97 Å². The number of hydrogen-bond donors (Lipinski definition) is 3. The van der Waals surface area contributed by atoms with Crippen molar-refractivity contribution in [3.8, 4) is 22.9 Å². The summed E-state index contributed by atoms with van der Waals surface area (Å²) in [4.78, 5) is 24.3. The van der Waals surface area contributed by atoms with Crippen LogP contribution in [-0.4, -0.2) is 47.4 Å². The van der Waals surface area contributed by atoms with Crippen LogP contribution in [0.1, 0.15) is 27.9 Å². The van der Waals surface area contributed by atoms with Crippen molar-refractivity contribution in [3.63, 3.8) is 0 Å². The van der Waals surface area contributed by atoms with Gasteiger partial charge in [-0.15, -0.1) is 0 Å². The molecule has 0 fully saturated rings. The zero-order valence-corrected chi connectivity index (χ0v) is 13.5. The highest BCUT2D eigenvalue weighted by Crippen LogP contribution is 2.38. The van der Waals surface area contributed by atoms with Gasteiger partial charge in [0.25, 0.3) is 5.91 Å². The summed E-state index contributed by atoms with van der Waals surface area (Å²) < 4.78 is 11.1. The van der Waals surface area contributed by atoms with Crippen LogP contribution in [0.25, 0.3) is 5.69 Å². The van der Waals surface area contributed by atoms with Crippen molar-refractivity contribution in [1.29, 1.82) is 0 Å². The number of rotatable bonds is 5. The topological polar surface area (TPSA) is 110 Å². The van der Waals surface area contributed by atoms with Gasteiger partial charge in [0.15, 0.2) is 22.9 Å². The maximum Gasteiger partial charge on any atom is 0.359 e. The van der Waals surface area contributed by atoms with Crippen molar-refractivity contribution in [2.24, 2.45) is 0 Å². The lowest BCUT2D eigenvalue weighted by atomic mass is 10.2. The molecule has 1 aromatic heterocycles. The van der Waals surface area contributed by atoms with Crippen molar-refractivity contribution in [1.82, 2.24) is 9.88 Å². The molecule has 0 unspecified atom stereocenters. The summed E-state index contributed by atoms with van der Waals surface area (Å²) in [7, 11) is 2.87. The molecular formula is C16H18N2O6. The minimum Gasteiger partial charge on any atom is -0.503 e. The number of esters is 1. The second-order valence-corrected chi connectivity index (χ2v) is 4.73. The van der Waals surface area contributed by atoms with Crippen molar-refractivity contribution in [3.05, 3.63) is 35.7 Å². The number of nitrogens with zero attached hydrogens (tertiary/aromatic N) is 1. The van der Waals surface area contributed by atoms with E-state index in [1.54, 1.807) is 31.2 Å². The Labute approximate surface area is 138 Å². The summed E-state index contributed by atoms with van der Waals surface area (Å²) >= 11 is 0. The van der Waals surface area contributed by atoms with Crippen LogP contribution in [0.4, 0.5) is 0 Å². The molecule has 128 valence electrons. The quantitative estimate of drug-likeness (QED) is 0.714. The Hall–Kier alpha value is -3.16. The number of nitrogens with one attached hydrogen (secondary N) is 1. The fraction of sp³-hybridized carbons (Fsp3) is 0.250.